The van der Waals surface area contributed by atoms with Crippen LogP contribution in [0.25, 0.3) is 10.8 Å². The number of fused-ring (bicyclic) bond motifs is 1. The molecule has 0 saturated carbocycles. The molecule has 0 fully saturated rings. The minimum absolute atomic E-state index is 0.358. The molecule has 2 aromatic rings. The Balaban J connectivity index is 2.75. The van der Waals surface area contributed by atoms with E-state index in [1.165, 1.54) is 6.26 Å². The Kier molecular flexibility index (Phi) is 2.04. The number of benzene rings is 2. The first kappa shape index (κ1) is 9.21. The quantitative estimate of drug-likeness (QED) is 0.714. The van der Waals surface area contributed by atoms with Gasteiger partial charge < -0.3 is 0 Å². The van der Waals surface area contributed by atoms with Gasteiger partial charge in [0.1, 0.15) is 0 Å². The van der Waals surface area contributed by atoms with Gasteiger partial charge in [-0.15, -0.1) is 0 Å². The lowest BCUT2D eigenvalue weighted by atomic mass is 10.1. The van der Waals surface area contributed by atoms with E-state index in [-0.39, 0.29) is 0 Å². The summed E-state index contributed by atoms with van der Waals surface area (Å²) in [6, 6.07) is 13.5. The number of hydrogen-bond acceptors (Lipinski definition) is 2. The molecule has 0 saturated heterocycles. The Morgan fingerprint density at radius 3 is 2.64 bits per heavy atom. The van der Waals surface area contributed by atoms with Crippen LogP contribution in [0.2, 0.25) is 0 Å². The summed E-state index contributed by atoms with van der Waals surface area (Å²) in [7, 11) is -3.10. The molecule has 14 heavy (non-hydrogen) atoms. The van der Waals surface area contributed by atoms with Crippen LogP contribution < -0.4 is 0 Å². The lowest BCUT2D eigenvalue weighted by Gasteiger charge is -2.00. The third-order valence-corrected chi connectivity index (χ3v) is 3.19. The zero-order chi connectivity index (χ0) is 10.2. The Morgan fingerprint density at radius 2 is 1.93 bits per heavy atom. The molecule has 0 unspecified atom stereocenters. The molecule has 1 radical (unpaired) electrons. The predicted molar refractivity (Wildman–Crippen MR) is 55.9 cm³/mol. The molecular weight excluding hydrogens is 196 g/mol. The topological polar surface area (TPSA) is 34.1 Å². The van der Waals surface area contributed by atoms with E-state index < -0.39 is 9.84 Å². The van der Waals surface area contributed by atoms with Crippen LogP contribution in [0.15, 0.2) is 41.3 Å². The number of sulfone groups is 1. The van der Waals surface area contributed by atoms with Crippen LogP contribution in [0.4, 0.5) is 0 Å². The van der Waals surface area contributed by atoms with E-state index in [1.54, 1.807) is 24.3 Å². The second-order valence-electron chi connectivity index (χ2n) is 3.21. The van der Waals surface area contributed by atoms with Crippen LogP contribution in [-0.2, 0) is 9.84 Å². The fourth-order valence-electron chi connectivity index (χ4n) is 1.34. The van der Waals surface area contributed by atoms with Gasteiger partial charge in [-0.1, -0.05) is 18.2 Å². The zero-order valence-electron chi connectivity index (χ0n) is 7.69. The van der Waals surface area contributed by atoms with Gasteiger partial charge in [-0.05, 0) is 35.0 Å². The van der Waals surface area contributed by atoms with Gasteiger partial charge in [0.25, 0.3) is 0 Å². The third kappa shape index (κ3) is 1.63. The van der Waals surface area contributed by atoms with Crippen LogP contribution in [0.3, 0.4) is 0 Å². The minimum Gasteiger partial charge on any atom is -0.224 e. The maximum absolute atomic E-state index is 11.3. The van der Waals surface area contributed by atoms with Crippen molar-refractivity contribution in [2.75, 3.05) is 6.26 Å². The largest absolute Gasteiger partial charge is 0.224 e. The van der Waals surface area contributed by atoms with E-state index >= 15 is 0 Å². The van der Waals surface area contributed by atoms with E-state index in [0.717, 1.165) is 10.8 Å². The highest BCUT2D eigenvalue weighted by molar-refractivity contribution is 7.90. The van der Waals surface area contributed by atoms with E-state index in [2.05, 4.69) is 6.07 Å². The molecule has 0 bridgehead atoms. The Bertz CT molecular complexity index is 571. The highest BCUT2D eigenvalue weighted by Crippen LogP contribution is 2.18. The number of hydrogen-bond donors (Lipinski definition) is 0. The maximum Gasteiger partial charge on any atom is 0.175 e. The average molecular weight is 205 g/mol. The molecule has 2 rings (SSSR count). The summed E-state index contributed by atoms with van der Waals surface area (Å²) in [6.07, 6.45) is 1.21. The smallest absolute Gasteiger partial charge is 0.175 e. The molecule has 0 N–H and O–H groups in total. The molecule has 0 atom stereocenters. The van der Waals surface area contributed by atoms with Crippen LogP contribution >= 0.6 is 0 Å². The van der Waals surface area contributed by atoms with Crippen molar-refractivity contribution in [3.8, 4) is 0 Å². The van der Waals surface area contributed by atoms with Gasteiger partial charge in [0.05, 0.1) is 4.90 Å². The van der Waals surface area contributed by atoms with E-state index in [4.69, 9.17) is 0 Å². The van der Waals surface area contributed by atoms with Gasteiger partial charge in [-0.25, -0.2) is 8.42 Å². The standard InChI is InChI=1S/C11H9O2S/c1-14(12,13)11-7-6-9-4-2-3-5-10(9)8-11/h3-8H,1H3. The van der Waals surface area contributed by atoms with Gasteiger partial charge in [-0.3, -0.25) is 0 Å². The molecule has 0 heterocycles. The molecule has 0 aliphatic rings. The second-order valence-corrected chi connectivity index (χ2v) is 5.22. The number of rotatable bonds is 1. The van der Waals surface area contributed by atoms with Crippen molar-refractivity contribution < 1.29 is 8.42 Å². The summed E-state index contributed by atoms with van der Waals surface area (Å²) >= 11 is 0. The normalized spacial score (nSPS) is 11.8. The summed E-state index contributed by atoms with van der Waals surface area (Å²) in [5, 5.41) is 1.92. The van der Waals surface area contributed by atoms with Crippen LogP contribution in [0, 0.1) is 6.07 Å². The van der Waals surface area contributed by atoms with E-state index in [0.29, 0.717) is 4.90 Å². The van der Waals surface area contributed by atoms with Crippen LogP contribution in [-0.4, -0.2) is 14.7 Å². The van der Waals surface area contributed by atoms with Crippen molar-refractivity contribution in [1.29, 1.82) is 0 Å². The fourth-order valence-corrected chi connectivity index (χ4v) is 1.99. The van der Waals surface area contributed by atoms with Gasteiger partial charge in [0.15, 0.2) is 9.84 Å². The summed E-state index contributed by atoms with van der Waals surface area (Å²) in [5.41, 5.74) is 0. The molecule has 0 aliphatic carbocycles. The van der Waals surface area contributed by atoms with Gasteiger partial charge in [-0.2, -0.15) is 0 Å². The third-order valence-electron chi connectivity index (χ3n) is 2.08. The summed E-state index contributed by atoms with van der Waals surface area (Å²) < 4.78 is 22.5. The van der Waals surface area contributed by atoms with Crippen molar-refractivity contribution >= 4 is 20.6 Å². The maximum atomic E-state index is 11.3. The molecule has 2 nitrogen and oxygen atoms in total. The molecule has 2 aromatic carbocycles. The van der Waals surface area contributed by atoms with Crippen molar-refractivity contribution in [2.45, 2.75) is 4.90 Å². The summed E-state index contributed by atoms with van der Waals surface area (Å²) in [6.45, 7) is 0. The lowest BCUT2D eigenvalue weighted by Crippen LogP contribution is -1.96. The Morgan fingerprint density at radius 1 is 1.14 bits per heavy atom. The van der Waals surface area contributed by atoms with Crippen molar-refractivity contribution in [2.24, 2.45) is 0 Å². The summed E-state index contributed by atoms with van der Waals surface area (Å²) in [5.74, 6) is 0. The highest BCUT2D eigenvalue weighted by atomic mass is 32.2. The molecule has 0 spiro atoms. The summed E-state index contributed by atoms with van der Waals surface area (Å²) in [4.78, 5) is 0.358. The first-order valence-corrected chi connectivity index (χ1v) is 6.06. The minimum atomic E-state index is -3.10. The molecule has 0 aromatic heterocycles. The van der Waals surface area contributed by atoms with Crippen molar-refractivity contribution in [3.05, 3.63) is 42.5 Å². The van der Waals surface area contributed by atoms with Gasteiger partial charge in [0, 0.05) is 6.26 Å². The highest BCUT2D eigenvalue weighted by Gasteiger charge is 2.06. The molecule has 0 amide bonds. The average Bonchev–Trinajstić information content (AvgIpc) is 2.16. The van der Waals surface area contributed by atoms with Crippen molar-refractivity contribution in [3.63, 3.8) is 0 Å². The second kappa shape index (κ2) is 3.10. The molecule has 71 valence electrons. The molecule has 3 heteroatoms. The monoisotopic (exact) mass is 205 g/mol. The Labute approximate surface area is 83.1 Å². The molecule has 0 aliphatic heterocycles. The predicted octanol–water partition coefficient (Wildman–Crippen LogP) is 2.04. The van der Waals surface area contributed by atoms with Gasteiger partial charge >= 0.3 is 0 Å². The first-order chi connectivity index (χ1) is 6.57. The first-order valence-electron chi connectivity index (χ1n) is 4.17. The van der Waals surface area contributed by atoms with E-state index in [1.807, 2.05) is 12.1 Å². The van der Waals surface area contributed by atoms with Gasteiger partial charge in [0.2, 0.25) is 0 Å². The SMILES string of the molecule is CS(=O)(=O)c1ccc2c[c]ccc2c1. The van der Waals surface area contributed by atoms with E-state index in [9.17, 15) is 8.42 Å². The Hall–Kier alpha value is -1.35. The fraction of sp³-hybridized carbons (Fsp3) is 0.0909. The lowest BCUT2D eigenvalue weighted by molar-refractivity contribution is 0.602. The zero-order valence-corrected chi connectivity index (χ0v) is 8.51. The van der Waals surface area contributed by atoms with Crippen LogP contribution in [0.5, 0.6) is 0 Å². The van der Waals surface area contributed by atoms with Crippen LogP contribution in [0.1, 0.15) is 0 Å². The van der Waals surface area contributed by atoms with Crippen molar-refractivity contribution in [1.82, 2.24) is 0 Å². The molecular formula is C11H9O2S.